The second-order valence-electron chi connectivity index (χ2n) is 8.70. The Kier molecular flexibility index (Phi) is 4.60. The predicted octanol–water partition coefficient (Wildman–Crippen LogP) is 3.68. The summed E-state index contributed by atoms with van der Waals surface area (Å²) >= 11 is 0. The van der Waals surface area contributed by atoms with Crippen LogP contribution in [0.1, 0.15) is 54.9 Å². The molecule has 3 heterocycles. The van der Waals surface area contributed by atoms with E-state index in [-0.39, 0.29) is 5.92 Å². The fourth-order valence-corrected chi connectivity index (χ4v) is 4.80. The monoisotopic (exact) mass is 392 g/mol. The zero-order chi connectivity index (χ0) is 20.0. The molecule has 2 aromatic heterocycles. The van der Waals surface area contributed by atoms with Gasteiger partial charge in [0.05, 0.1) is 11.4 Å². The predicted molar refractivity (Wildman–Crippen MR) is 111 cm³/mol. The summed E-state index contributed by atoms with van der Waals surface area (Å²) in [5.41, 5.74) is 5.89. The van der Waals surface area contributed by atoms with E-state index in [1.165, 1.54) is 29.8 Å². The van der Waals surface area contributed by atoms with Crippen molar-refractivity contribution >= 4 is 5.69 Å². The van der Waals surface area contributed by atoms with Gasteiger partial charge in [0, 0.05) is 43.7 Å². The standard InChI is InChI=1S/C22H28N6O/c1-14-5-4-10-28(13-14)19-9-7-16(11-15(19)2)21-23-22(29-25-21)17-6-8-18-20(12-17)27(3)26-24-18/h7,9,11,14,17H,4-6,8,10,12-13H2,1-3H3. The first-order valence-electron chi connectivity index (χ1n) is 10.7. The van der Waals surface area contributed by atoms with Gasteiger partial charge in [-0.25, -0.2) is 0 Å². The van der Waals surface area contributed by atoms with E-state index in [9.17, 15) is 0 Å². The maximum atomic E-state index is 5.67. The van der Waals surface area contributed by atoms with E-state index in [0.717, 1.165) is 55.4 Å². The molecule has 0 spiro atoms. The average molecular weight is 393 g/mol. The van der Waals surface area contributed by atoms with Crippen LogP contribution < -0.4 is 4.90 Å². The first-order chi connectivity index (χ1) is 14.1. The first kappa shape index (κ1) is 18.3. The number of aromatic nitrogens is 5. The smallest absolute Gasteiger partial charge is 0.230 e. The summed E-state index contributed by atoms with van der Waals surface area (Å²) in [4.78, 5) is 7.26. The molecule has 0 radical (unpaired) electrons. The molecular formula is C22H28N6O. The van der Waals surface area contributed by atoms with Gasteiger partial charge in [0.2, 0.25) is 11.7 Å². The summed E-state index contributed by atoms with van der Waals surface area (Å²) in [5, 5.41) is 12.7. The topological polar surface area (TPSA) is 72.9 Å². The summed E-state index contributed by atoms with van der Waals surface area (Å²) in [6, 6.07) is 6.53. The molecule has 0 bridgehead atoms. The molecule has 2 unspecified atom stereocenters. The van der Waals surface area contributed by atoms with Crippen molar-refractivity contribution in [2.45, 2.75) is 51.9 Å². The minimum atomic E-state index is 0.233. The van der Waals surface area contributed by atoms with Crippen LogP contribution in [0.2, 0.25) is 0 Å². The molecule has 3 aromatic rings. The van der Waals surface area contributed by atoms with E-state index >= 15 is 0 Å². The number of benzene rings is 1. The number of hydrogen-bond acceptors (Lipinski definition) is 6. The summed E-state index contributed by atoms with van der Waals surface area (Å²) in [5.74, 6) is 2.39. The van der Waals surface area contributed by atoms with Crippen LogP contribution in [-0.4, -0.2) is 38.2 Å². The molecule has 29 heavy (non-hydrogen) atoms. The molecule has 2 aliphatic rings. The Bertz CT molecular complexity index is 1020. The van der Waals surface area contributed by atoms with Crippen molar-refractivity contribution in [1.29, 1.82) is 0 Å². The van der Waals surface area contributed by atoms with Gasteiger partial charge in [-0.2, -0.15) is 4.98 Å². The fraction of sp³-hybridized carbons (Fsp3) is 0.545. The Morgan fingerprint density at radius 3 is 2.93 bits per heavy atom. The molecule has 0 saturated carbocycles. The summed E-state index contributed by atoms with van der Waals surface area (Å²) in [7, 11) is 1.95. The number of aryl methyl sites for hydroxylation is 3. The van der Waals surface area contributed by atoms with E-state index < -0.39 is 0 Å². The highest BCUT2D eigenvalue weighted by atomic mass is 16.5. The van der Waals surface area contributed by atoms with Gasteiger partial charge < -0.3 is 9.42 Å². The van der Waals surface area contributed by atoms with Crippen molar-refractivity contribution in [1.82, 2.24) is 25.1 Å². The third-order valence-electron chi connectivity index (χ3n) is 6.44. The second kappa shape index (κ2) is 7.28. The lowest BCUT2D eigenvalue weighted by Gasteiger charge is -2.33. The van der Waals surface area contributed by atoms with Crippen molar-refractivity contribution in [2.75, 3.05) is 18.0 Å². The van der Waals surface area contributed by atoms with Gasteiger partial charge in [0.1, 0.15) is 0 Å². The van der Waals surface area contributed by atoms with Gasteiger partial charge in [0.25, 0.3) is 0 Å². The molecule has 1 saturated heterocycles. The lowest BCUT2D eigenvalue weighted by atomic mass is 9.89. The number of fused-ring (bicyclic) bond motifs is 1. The lowest BCUT2D eigenvalue weighted by Crippen LogP contribution is -2.34. The molecule has 7 heteroatoms. The van der Waals surface area contributed by atoms with Crippen molar-refractivity contribution in [3.05, 3.63) is 41.0 Å². The zero-order valence-corrected chi connectivity index (χ0v) is 17.4. The van der Waals surface area contributed by atoms with Gasteiger partial charge in [-0.15, -0.1) is 5.10 Å². The molecule has 0 N–H and O–H groups in total. The summed E-state index contributed by atoms with van der Waals surface area (Å²) in [6.07, 6.45) is 5.33. The largest absolute Gasteiger partial charge is 0.371 e. The Morgan fingerprint density at radius 2 is 2.10 bits per heavy atom. The van der Waals surface area contributed by atoms with Gasteiger partial charge in [-0.05, 0) is 62.3 Å². The maximum absolute atomic E-state index is 5.67. The average Bonchev–Trinajstić information content (AvgIpc) is 3.35. The first-order valence-corrected chi connectivity index (χ1v) is 10.7. The Labute approximate surface area is 171 Å². The quantitative estimate of drug-likeness (QED) is 0.677. The molecule has 152 valence electrons. The summed E-state index contributed by atoms with van der Waals surface area (Å²) < 4.78 is 7.53. The zero-order valence-electron chi connectivity index (χ0n) is 17.4. The van der Waals surface area contributed by atoms with Gasteiger partial charge in [-0.3, -0.25) is 4.68 Å². The third kappa shape index (κ3) is 3.43. The Morgan fingerprint density at radius 1 is 1.21 bits per heavy atom. The van der Waals surface area contributed by atoms with Crippen LogP contribution in [0, 0.1) is 12.8 Å². The van der Waals surface area contributed by atoms with Crippen molar-refractivity contribution < 1.29 is 4.52 Å². The van der Waals surface area contributed by atoms with E-state index in [2.05, 4.69) is 52.4 Å². The van der Waals surface area contributed by atoms with Crippen LogP contribution in [0.25, 0.3) is 11.4 Å². The molecule has 1 aliphatic carbocycles. The number of piperidine rings is 1. The van der Waals surface area contributed by atoms with Crippen molar-refractivity contribution in [3.8, 4) is 11.4 Å². The minimum absolute atomic E-state index is 0.233. The van der Waals surface area contributed by atoms with Crippen LogP contribution in [0.5, 0.6) is 0 Å². The molecule has 2 atom stereocenters. The van der Waals surface area contributed by atoms with E-state index in [4.69, 9.17) is 9.51 Å². The lowest BCUT2D eigenvalue weighted by molar-refractivity contribution is 0.338. The molecular weight excluding hydrogens is 364 g/mol. The maximum Gasteiger partial charge on any atom is 0.230 e. The molecule has 1 aliphatic heterocycles. The van der Waals surface area contributed by atoms with Crippen LogP contribution in [-0.2, 0) is 19.9 Å². The number of anilines is 1. The van der Waals surface area contributed by atoms with E-state index in [1.807, 2.05) is 11.7 Å². The number of hydrogen-bond donors (Lipinski definition) is 0. The van der Waals surface area contributed by atoms with Crippen LogP contribution in [0.3, 0.4) is 0 Å². The second-order valence-corrected chi connectivity index (χ2v) is 8.70. The highest BCUT2D eigenvalue weighted by Gasteiger charge is 2.28. The van der Waals surface area contributed by atoms with Crippen LogP contribution in [0.15, 0.2) is 22.7 Å². The Balaban J connectivity index is 1.35. The number of rotatable bonds is 3. The van der Waals surface area contributed by atoms with Gasteiger partial charge >= 0.3 is 0 Å². The minimum Gasteiger partial charge on any atom is -0.371 e. The highest BCUT2D eigenvalue weighted by molar-refractivity contribution is 5.64. The Hall–Kier alpha value is -2.70. The third-order valence-corrected chi connectivity index (χ3v) is 6.44. The number of nitrogens with zero attached hydrogens (tertiary/aromatic N) is 6. The van der Waals surface area contributed by atoms with E-state index in [0.29, 0.717) is 5.82 Å². The van der Waals surface area contributed by atoms with Crippen molar-refractivity contribution in [2.24, 2.45) is 13.0 Å². The SMILES string of the molecule is Cc1cc(-c2noc(C3CCc4nnn(C)c4C3)n2)ccc1N1CCCC(C)C1. The molecule has 5 rings (SSSR count). The normalized spacial score (nSPS) is 22.0. The van der Waals surface area contributed by atoms with E-state index in [1.54, 1.807) is 0 Å². The highest BCUT2D eigenvalue weighted by Crippen LogP contribution is 2.33. The molecule has 7 nitrogen and oxygen atoms in total. The van der Waals surface area contributed by atoms with Crippen LogP contribution >= 0.6 is 0 Å². The van der Waals surface area contributed by atoms with Crippen molar-refractivity contribution in [3.63, 3.8) is 0 Å². The molecule has 1 fully saturated rings. The van der Waals surface area contributed by atoms with Gasteiger partial charge in [-0.1, -0.05) is 17.3 Å². The molecule has 1 aromatic carbocycles. The fourth-order valence-electron chi connectivity index (χ4n) is 4.80. The van der Waals surface area contributed by atoms with Gasteiger partial charge in [0.15, 0.2) is 0 Å². The molecule has 0 amide bonds. The van der Waals surface area contributed by atoms with Crippen LogP contribution in [0.4, 0.5) is 5.69 Å². The summed E-state index contributed by atoms with van der Waals surface area (Å²) in [6.45, 7) is 6.80.